The van der Waals surface area contributed by atoms with Gasteiger partial charge in [-0.05, 0) is 24.0 Å². The maximum Gasteiger partial charge on any atom is 0.191 e. The molecule has 0 bridgehead atoms. The molecule has 0 spiro atoms. The molecule has 0 aliphatic rings. The summed E-state index contributed by atoms with van der Waals surface area (Å²) in [6.45, 7) is 0. The highest BCUT2D eigenvalue weighted by molar-refractivity contribution is 7.97. The number of nitrogens with zero attached hydrogens (tertiary/aromatic N) is 1. The Morgan fingerprint density at radius 2 is 1.92 bits per heavy atom. The van der Waals surface area contributed by atoms with Crippen molar-refractivity contribution in [1.82, 2.24) is 0 Å². The van der Waals surface area contributed by atoms with Crippen LogP contribution in [0.5, 0.6) is 0 Å². The van der Waals surface area contributed by atoms with Crippen molar-refractivity contribution >= 4 is 23.4 Å². The van der Waals surface area contributed by atoms with Crippen LogP contribution in [0.3, 0.4) is 0 Å². The molecule has 70 valence electrons. The van der Waals surface area contributed by atoms with Gasteiger partial charge in [-0.1, -0.05) is 12.1 Å². The van der Waals surface area contributed by atoms with Gasteiger partial charge in [-0.2, -0.15) is 11.8 Å². The Morgan fingerprint density at radius 3 is 2.38 bits per heavy atom. The third kappa shape index (κ3) is 3.38. The molecule has 3 nitrogen and oxygen atoms in total. The predicted octanol–water partition coefficient (Wildman–Crippen LogP) is 1.45. The number of hydrogen-bond acceptors (Lipinski definition) is 2. The first-order chi connectivity index (χ1) is 6.22. The third-order valence-corrected chi connectivity index (χ3v) is 2.13. The van der Waals surface area contributed by atoms with Gasteiger partial charge in [-0.15, -0.1) is 0 Å². The summed E-state index contributed by atoms with van der Waals surface area (Å²) in [5, 5.41) is 0. The Hall–Kier alpha value is -1.16. The van der Waals surface area contributed by atoms with Crippen LogP contribution in [0.25, 0.3) is 0 Å². The minimum Gasteiger partial charge on any atom is -0.370 e. The summed E-state index contributed by atoms with van der Waals surface area (Å²) < 4.78 is 0. The molecule has 0 radical (unpaired) electrons. The Balaban J connectivity index is 2.75. The second kappa shape index (κ2) is 4.77. The zero-order valence-electron chi connectivity index (χ0n) is 7.53. The van der Waals surface area contributed by atoms with Gasteiger partial charge in [-0.25, -0.2) is 4.99 Å². The van der Waals surface area contributed by atoms with E-state index in [-0.39, 0.29) is 5.96 Å². The van der Waals surface area contributed by atoms with E-state index in [2.05, 4.69) is 11.2 Å². The zero-order chi connectivity index (χ0) is 9.68. The van der Waals surface area contributed by atoms with Crippen molar-refractivity contribution in [2.45, 2.75) is 5.75 Å². The van der Waals surface area contributed by atoms with Crippen molar-refractivity contribution in [2.75, 3.05) is 6.26 Å². The fourth-order valence-corrected chi connectivity index (χ4v) is 1.51. The molecule has 0 unspecified atom stereocenters. The zero-order valence-corrected chi connectivity index (χ0v) is 8.34. The molecule has 0 saturated heterocycles. The standard InChI is InChI=1S/C9H13N3S/c1-13-6-7-2-4-8(5-3-7)12-9(10)11/h2-5H,6H2,1H3,(H4,10,11,12). The van der Waals surface area contributed by atoms with Crippen LogP contribution in [-0.4, -0.2) is 12.2 Å². The first-order valence-electron chi connectivity index (χ1n) is 3.90. The van der Waals surface area contributed by atoms with Crippen LogP contribution in [0, 0.1) is 0 Å². The lowest BCUT2D eigenvalue weighted by molar-refractivity contribution is 1.37. The predicted molar refractivity (Wildman–Crippen MR) is 59.1 cm³/mol. The number of hydrogen-bond donors (Lipinski definition) is 2. The van der Waals surface area contributed by atoms with E-state index in [1.807, 2.05) is 24.3 Å². The summed E-state index contributed by atoms with van der Waals surface area (Å²) in [6.07, 6.45) is 2.07. The topological polar surface area (TPSA) is 64.4 Å². The van der Waals surface area contributed by atoms with E-state index in [0.717, 1.165) is 11.4 Å². The van der Waals surface area contributed by atoms with Gasteiger partial charge >= 0.3 is 0 Å². The smallest absolute Gasteiger partial charge is 0.191 e. The monoisotopic (exact) mass is 195 g/mol. The average molecular weight is 195 g/mol. The molecule has 1 aromatic carbocycles. The molecule has 0 atom stereocenters. The van der Waals surface area contributed by atoms with Gasteiger partial charge in [0, 0.05) is 5.75 Å². The number of thioether (sulfide) groups is 1. The van der Waals surface area contributed by atoms with Gasteiger partial charge in [0.25, 0.3) is 0 Å². The third-order valence-electron chi connectivity index (χ3n) is 1.51. The average Bonchev–Trinajstić information content (AvgIpc) is 2.08. The lowest BCUT2D eigenvalue weighted by Crippen LogP contribution is -2.21. The number of aliphatic imine (C=N–C) groups is 1. The van der Waals surface area contributed by atoms with Crippen LogP contribution >= 0.6 is 11.8 Å². The van der Waals surface area contributed by atoms with Gasteiger partial charge in [-0.3, -0.25) is 0 Å². The first-order valence-corrected chi connectivity index (χ1v) is 5.29. The van der Waals surface area contributed by atoms with Crippen molar-refractivity contribution in [3.05, 3.63) is 29.8 Å². The molecule has 0 fully saturated rings. The van der Waals surface area contributed by atoms with Crippen LogP contribution in [0.4, 0.5) is 5.69 Å². The lowest BCUT2D eigenvalue weighted by atomic mass is 10.2. The molecule has 0 amide bonds. The normalized spacial score (nSPS) is 9.62. The fraction of sp³-hybridized carbons (Fsp3) is 0.222. The molecule has 0 aliphatic heterocycles. The maximum atomic E-state index is 5.24. The number of rotatable bonds is 3. The second-order valence-corrected chi connectivity index (χ2v) is 3.50. The van der Waals surface area contributed by atoms with Crippen LogP contribution in [0.2, 0.25) is 0 Å². The minimum atomic E-state index is 0.0950. The van der Waals surface area contributed by atoms with Crippen molar-refractivity contribution < 1.29 is 0 Å². The van der Waals surface area contributed by atoms with Gasteiger partial charge in [0.05, 0.1) is 5.69 Å². The Bertz CT molecular complexity index is 288. The molecule has 0 aliphatic carbocycles. The van der Waals surface area contributed by atoms with E-state index in [0.29, 0.717) is 0 Å². The van der Waals surface area contributed by atoms with E-state index >= 15 is 0 Å². The number of guanidine groups is 1. The number of nitrogens with two attached hydrogens (primary N) is 2. The Morgan fingerprint density at radius 1 is 1.31 bits per heavy atom. The highest BCUT2D eigenvalue weighted by atomic mass is 32.2. The molecule has 13 heavy (non-hydrogen) atoms. The molecule has 0 aromatic heterocycles. The van der Waals surface area contributed by atoms with Crippen LogP contribution < -0.4 is 11.5 Å². The van der Waals surface area contributed by atoms with Crippen LogP contribution in [0.15, 0.2) is 29.3 Å². The first kappa shape index (κ1) is 9.92. The molecule has 0 saturated carbocycles. The van der Waals surface area contributed by atoms with Crippen molar-refractivity contribution in [3.63, 3.8) is 0 Å². The lowest BCUT2D eigenvalue weighted by Gasteiger charge is -1.98. The largest absolute Gasteiger partial charge is 0.370 e. The Labute approximate surface area is 82.2 Å². The van der Waals surface area contributed by atoms with E-state index < -0.39 is 0 Å². The molecular weight excluding hydrogens is 182 g/mol. The number of benzene rings is 1. The van der Waals surface area contributed by atoms with Gasteiger partial charge < -0.3 is 11.5 Å². The summed E-state index contributed by atoms with van der Waals surface area (Å²) in [5.41, 5.74) is 12.6. The van der Waals surface area contributed by atoms with E-state index in [9.17, 15) is 0 Å². The second-order valence-electron chi connectivity index (χ2n) is 2.64. The van der Waals surface area contributed by atoms with Gasteiger partial charge in [0.1, 0.15) is 0 Å². The van der Waals surface area contributed by atoms with E-state index in [1.165, 1.54) is 5.56 Å². The molecular formula is C9H13N3S. The highest BCUT2D eigenvalue weighted by Gasteiger charge is 1.92. The van der Waals surface area contributed by atoms with Crippen LogP contribution in [-0.2, 0) is 5.75 Å². The van der Waals surface area contributed by atoms with Crippen LogP contribution in [0.1, 0.15) is 5.56 Å². The molecule has 1 rings (SSSR count). The summed E-state index contributed by atoms with van der Waals surface area (Å²) in [5.74, 6) is 1.11. The van der Waals surface area contributed by atoms with E-state index in [4.69, 9.17) is 11.5 Å². The Kier molecular flexibility index (Phi) is 3.64. The summed E-state index contributed by atoms with van der Waals surface area (Å²) in [4.78, 5) is 3.93. The summed E-state index contributed by atoms with van der Waals surface area (Å²) in [7, 11) is 0. The summed E-state index contributed by atoms with van der Waals surface area (Å²) >= 11 is 1.79. The molecule has 1 aromatic rings. The van der Waals surface area contributed by atoms with Crippen molar-refractivity contribution in [1.29, 1.82) is 0 Å². The quantitative estimate of drug-likeness (QED) is 0.567. The molecule has 4 N–H and O–H groups in total. The maximum absolute atomic E-state index is 5.24. The molecule has 4 heteroatoms. The minimum absolute atomic E-state index is 0.0950. The van der Waals surface area contributed by atoms with Crippen molar-refractivity contribution in [3.8, 4) is 0 Å². The van der Waals surface area contributed by atoms with Gasteiger partial charge in [0.2, 0.25) is 0 Å². The SMILES string of the molecule is CSCc1ccc(N=C(N)N)cc1. The fourth-order valence-electron chi connectivity index (χ4n) is 0.982. The summed E-state index contributed by atoms with van der Waals surface area (Å²) in [6, 6.07) is 7.87. The highest BCUT2D eigenvalue weighted by Crippen LogP contribution is 2.15. The molecule has 0 heterocycles. The van der Waals surface area contributed by atoms with E-state index in [1.54, 1.807) is 11.8 Å². The van der Waals surface area contributed by atoms with Gasteiger partial charge in [0.15, 0.2) is 5.96 Å². The van der Waals surface area contributed by atoms with Crippen molar-refractivity contribution in [2.24, 2.45) is 16.5 Å².